The highest BCUT2D eigenvalue weighted by atomic mass is 32.2. The van der Waals surface area contributed by atoms with Crippen molar-refractivity contribution in [2.24, 2.45) is 0 Å². The van der Waals surface area contributed by atoms with Crippen LogP contribution >= 0.6 is 0 Å². The molecule has 0 fully saturated rings. The number of carbonyl (C=O) groups excluding carboxylic acids is 1. The van der Waals surface area contributed by atoms with E-state index in [1.165, 1.54) is 12.1 Å². The van der Waals surface area contributed by atoms with Crippen molar-refractivity contribution in [1.82, 2.24) is 4.72 Å². The van der Waals surface area contributed by atoms with Gasteiger partial charge in [0.05, 0.1) is 0 Å². The molecule has 0 saturated carbocycles. The van der Waals surface area contributed by atoms with E-state index in [1.807, 2.05) is 31.2 Å². The molecule has 106 valence electrons. The highest BCUT2D eigenvalue weighted by molar-refractivity contribution is 7.89. The topological polar surface area (TPSA) is 76.4 Å². The van der Waals surface area contributed by atoms with Crippen LogP contribution in [0.3, 0.4) is 0 Å². The van der Waals surface area contributed by atoms with Crippen molar-refractivity contribution in [3.63, 3.8) is 0 Å². The first-order chi connectivity index (χ1) is 9.53. The van der Waals surface area contributed by atoms with Crippen LogP contribution in [0.2, 0.25) is 0 Å². The fourth-order valence-electron chi connectivity index (χ4n) is 1.82. The van der Waals surface area contributed by atoms with Crippen LogP contribution in [0.25, 0.3) is 0 Å². The van der Waals surface area contributed by atoms with E-state index < -0.39 is 10.0 Å². The van der Waals surface area contributed by atoms with E-state index in [4.69, 9.17) is 4.42 Å². The molecule has 0 amide bonds. The molecule has 20 heavy (non-hydrogen) atoms. The molecular formula is C14H15NO4S. The molecule has 0 radical (unpaired) electrons. The van der Waals surface area contributed by atoms with Gasteiger partial charge in [0.25, 0.3) is 10.0 Å². The van der Waals surface area contributed by atoms with Gasteiger partial charge in [0.1, 0.15) is 0 Å². The van der Waals surface area contributed by atoms with Gasteiger partial charge >= 0.3 is 0 Å². The Kier molecular flexibility index (Phi) is 4.36. The molecule has 2 aromatic rings. The first-order valence-electron chi connectivity index (χ1n) is 6.12. The molecule has 1 N–H and O–H groups in total. The lowest BCUT2D eigenvalue weighted by Crippen LogP contribution is -2.25. The van der Waals surface area contributed by atoms with Crippen LogP contribution in [-0.4, -0.2) is 21.2 Å². The minimum absolute atomic E-state index is 0.00993. The zero-order valence-electron chi connectivity index (χ0n) is 11.0. The normalized spacial score (nSPS) is 11.4. The van der Waals surface area contributed by atoms with E-state index in [9.17, 15) is 13.2 Å². The molecule has 0 unspecified atom stereocenters. The van der Waals surface area contributed by atoms with E-state index >= 15 is 0 Å². The number of nitrogens with one attached hydrogen (secondary N) is 1. The Labute approximate surface area is 117 Å². The summed E-state index contributed by atoms with van der Waals surface area (Å²) < 4.78 is 31.2. The van der Waals surface area contributed by atoms with Gasteiger partial charge in [-0.2, -0.15) is 0 Å². The van der Waals surface area contributed by atoms with Crippen molar-refractivity contribution in [3.05, 3.63) is 53.3 Å². The van der Waals surface area contributed by atoms with Gasteiger partial charge in [0.15, 0.2) is 12.0 Å². The van der Waals surface area contributed by atoms with E-state index in [1.54, 1.807) is 0 Å². The molecular weight excluding hydrogens is 278 g/mol. The largest absolute Gasteiger partial charge is 0.440 e. The number of furan rings is 1. The third-order valence-electron chi connectivity index (χ3n) is 2.93. The van der Waals surface area contributed by atoms with Gasteiger partial charge in [-0.3, -0.25) is 4.79 Å². The van der Waals surface area contributed by atoms with Crippen molar-refractivity contribution in [1.29, 1.82) is 0 Å². The van der Waals surface area contributed by atoms with Gasteiger partial charge in [-0.05, 0) is 36.6 Å². The molecule has 0 saturated heterocycles. The number of hydrogen-bond acceptors (Lipinski definition) is 4. The number of benzene rings is 1. The molecule has 1 heterocycles. The maximum atomic E-state index is 11.9. The lowest BCUT2D eigenvalue weighted by Gasteiger charge is -2.06. The van der Waals surface area contributed by atoms with E-state index in [-0.39, 0.29) is 17.4 Å². The SMILES string of the molecule is Cc1ccccc1CCNS(=O)(=O)c1ccc(C=O)o1. The Bertz CT molecular complexity index is 703. The smallest absolute Gasteiger partial charge is 0.273 e. The number of sulfonamides is 1. The average Bonchev–Trinajstić information content (AvgIpc) is 2.90. The number of aryl methyl sites for hydroxylation is 1. The predicted molar refractivity (Wildman–Crippen MR) is 74.2 cm³/mol. The van der Waals surface area contributed by atoms with E-state index in [0.717, 1.165) is 11.1 Å². The molecule has 0 aliphatic heterocycles. The van der Waals surface area contributed by atoms with Crippen LogP contribution in [0.4, 0.5) is 0 Å². The molecule has 1 aromatic carbocycles. The molecule has 0 aliphatic rings. The highest BCUT2D eigenvalue weighted by Crippen LogP contribution is 2.13. The molecule has 0 bridgehead atoms. The standard InChI is InChI=1S/C14H15NO4S/c1-11-4-2-3-5-12(11)8-9-15-20(17,18)14-7-6-13(10-16)19-14/h2-7,10,15H,8-9H2,1H3. The maximum Gasteiger partial charge on any atom is 0.273 e. The van der Waals surface area contributed by atoms with Crippen LogP contribution in [0.15, 0.2) is 45.9 Å². The maximum absolute atomic E-state index is 11.9. The Morgan fingerprint density at radius 2 is 1.95 bits per heavy atom. The third kappa shape index (κ3) is 3.34. The van der Waals surface area contributed by atoms with Crippen LogP contribution in [-0.2, 0) is 16.4 Å². The van der Waals surface area contributed by atoms with Crippen LogP contribution in [0.1, 0.15) is 21.7 Å². The lowest BCUT2D eigenvalue weighted by molar-refractivity contribution is 0.109. The number of hydrogen-bond donors (Lipinski definition) is 1. The quantitative estimate of drug-likeness (QED) is 0.826. The Balaban J connectivity index is 1.99. The zero-order valence-corrected chi connectivity index (χ0v) is 11.8. The molecule has 2 rings (SSSR count). The van der Waals surface area contributed by atoms with Crippen LogP contribution < -0.4 is 4.72 Å². The summed E-state index contributed by atoms with van der Waals surface area (Å²) >= 11 is 0. The van der Waals surface area contributed by atoms with Gasteiger partial charge < -0.3 is 4.42 Å². The number of carbonyl (C=O) groups is 1. The summed E-state index contributed by atoms with van der Waals surface area (Å²) in [5.41, 5.74) is 2.20. The van der Waals surface area contributed by atoms with Gasteiger partial charge in [-0.25, -0.2) is 13.1 Å². The second-order valence-electron chi connectivity index (χ2n) is 4.35. The minimum atomic E-state index is -3.71. The lowest BCUT2D eigenvalue weighted by atomic mass is 10.1. The summed E-state index contributed by atoms with van der Waals surface area (Å²) in [5.74, 6) is -0.00993. The first kappa shape index (κ1) is 14.5. The van der Waals surface area contributed by atoms with Gasteiger partial charge in [0, 0.05) is 6.54 Å². The summed E-state index contributed by atoms with van der Waals surface area (Å²) in [6.45, 7) is 2.25. The van der Waals surface area contributed by atoms with Crippen molar-refractivity contribution in [2.75, 3.05) is 6.54 Å². The fraction of sp³-hybridized carbons (Fsp3) is 0.214. The Morgan fingerprint density at radius 3 is 2.60 bits per heavy atom. The molecule has 6 heteroatoms. The summed E-state index contributed by atoms with van der Waals surface area (Å²) in [6.07, 6.45) is 1.06. The molecule has 0 spiro atoms. The fourth-order valence-corrected chi connectivity index (χ4v) is 2.79. The van der Waals surface area contributed by atoms with Crippen molar-refractivity contribution in [2.45, 2.75) is 18.4 Å². The number of rotatable bonds is 6. The summed E-state index contributed by atoms with van der Waals surface area (Å²) in [7, 11) is -3.71. The minimum Gasteiger partial charge on any atom is -0.440 e. The first-order valence-corrected chi connectivity index (χ1v) is 7.60. The van der Waals surface area contributed by atoms with Gasteiger partial charge in [-0.15, -0.1) is 0 Å². The van der Waals surface area contributed by atoms with Crippen LogP contribution in [0, 0.1) is 6.92 Å². The third-order valence-corrected chi connectivity index (χ3v) is 4.26. The molecule has 0 atom stereocenters. The van der Waals surface area contributed by atoms with Crippen molar-refractivity contribution in [3.8, 4) is 0 Å². The van der Waals surface area contributed by atoms with Crippen LogP contribution in [0.5, 0.6) is 0 Å². The predicted octanol–water partition coefficient (Wildman–Crippen LogP) is 1.92. The van der Waals surface area contributed by atoms with Gasteiger partial charge in [0.2, 0.25) is 5.09 Å². The van der Waals surface area contributed by atoms with Gasteiger partial charge in [-0.1, -0.05) is 24.3 Å². The van der Waals surface area contributed by atoms with E-state index in [2.05, 4.69) is 4.72 Å². The monoisotopic (exact) mass is 293 g/mol. The zero-order chi connectivity index (χ0) is 14.6. The second kappa shape index (κ2) is 6.02. The van der Waals surface area contributed by atoms with E-state index in [0.29, 0.717) is 12.7 Å². The highest BCUT2D eigenvalue weighted by Gasteiger charge is 2.18. The molecule has 0 aliphatic carbocycles. The summed E-state index contributed by atoms with van der Waals surface area (Å²) in [6, 6.07) is 10.4. The molecule has 5 nitrogen and oxygen atoms in total. The Morgan fingerprint density at radius 1 is 1.20 bits per heavy atom. The Hall–Kier alpha value is -1.92. The van der Waals surface area contributed by atoms with Crippen molar-refractivity contribution < 1.29 is 17.6 Å². The number of aldehydes is 1. The second-order valence-corrected chi connectivity index (χ2v) is 6.05. The van der Waals surface area contributed by atoms with Crippen molar-refractivity contribution >= 4 is 16.3 Å². The summed E-state index contributed by atoms with van der Waals surface area (Å²) in [5, 5.41) is -0.246. The molecule has 1 aromatic heterocycles. The summed E-state index contributed by atoms with van der Waals surface area (Å²) in [4.78, 5) is 10.5. The average molecular weight is 293 g/mol.